The summed E-state index contributed by atoms with van der Waals surface area (Å²) in [4.78, 5) is 11.4. The second-order valence-corrected chi connectivity index (χ2v) is 17.5. The van der Waals surface area contributed by atoms with Crippen molar-refractivity contribution < 1.29 is 14.0 Å². The van der Waals surface area contributed by atoms with Crippen molar-refractivity contribution in [1.82, 2.24) is 0 Å². The maximum absolute atomic E-state index is 11.4. The van der Waals surface area contributed by atoms with Crippen LogP contribution in [-0.4, -0.2) is 35.6 Å². The van der Waals surface area contributed by atoms with Gasteiger partial charge in [0, 0.05) is 6.42 Å². The van der Waals surface area contributed by atoms with Gasteiger partial charge in [-0.2, -0.15) is 0 Å². The summed E-state index contributed by atoms with van der Waals surface area (Å²) in [5, 5.41) is 0.136. The van der Waals surface area contributed by atoms with Crippen molar-refractivity contribution in [2.45, 2.75) is 77.5 Å². The molecule has 0 aromatic rings. The number of carbonyl (C=O) groups is 1. The van der Waals surface area contributed by atoms with E-state index in [0.29, 0.717) is 12.8 Å². The van der Waals surface area contributed by atoms with Gasteiger partial charge in [0.15, 0.2) is 8.32 Å². The van der Waals surface area contributed by atoms with E-state index in [-0.39, 0.29) is 17.1 Å². The summed E-state index contributed by atoms with van der Waals surface area (Å²) in [6.45, 7) is 17.7. The smallest absolute Gasteiger partial charge is 0.305 e. The zero-order valence-electron chi connectivity index (χ0n) is 15.2. The topological polar surface area (TPSA) is 35.5 Å². The fraction of sp³-hybridized carbons (Fsp3) is 0.812. The molecule has 0 radical (unpaired) electrons. The van der Waals surface area contributed by atoms with Gasteiger partial charge in [-0.25, -0.2) is 0 Å². The van der Waals surface area contributed by atoms with E-state index in [1.54, 1.807) is 0 Å². The van der Waals surface area contributed by atoms with E-state index >= 15 is 0 Å². The lowest BCUT2D eigenvalue weighted by molar-refractivity contribution is -0.141. The van der Waals surface area contributed by atoms with Gasteiger partial charge in [-0.3, -0.25) is 4.79 Å². The number of ether oxygens (including phenoxy) is 1. The van der Waals surface area contributed by atoms with Crippen molar-refractivity contribution in [2.24, 2.45) is 0 Å². The first kappa shape index (κ1) is 20.4. The Labute approximate surface area is 132 Å². The van der Waals surface area contributed by atoms with E-state index in [9.17, 15) is 4.79 Å². The standard InChI is InChI=1S/C16H32O3Si2/c1-16(2,3)21(8,9)19-14(10-11-15(17)18-4)12-13-20(5,6)7/h14H,10-11H2,1-9H3. The second kappa shape index (κ2) is 7.62. The van der Waals surface area contributed by atoms with Crippen LogP contribution in [0.1, 0.15) is 33.6 Å². The van der Waals surface area contributed by atoms with Gasteiger partial charge >= 0.3 is 5.97 Å². The molecule has 0 aromatic heterocycles. The molecular formula is C16H32O3Si2. The average Bonchev–Trinajstić information content (AvgIpc) is 2.29. The van der Waals surface area contributed by atoms with E-state index in [4.69, 9.17) is 9.16 Å². The van der Waals surface area contributed by atoms with Gasteiger partial charge in [-0.05, 0) is 24.6 Å². The van der Waals surface area contributed by atoms with E-state index in [1.165, 1.54) is 7.11 Å². The molecule has 122 valence electrons. The summed E-state index contributed by atoms with van der Waals surface area (Å²) in [5.41, 5.74) is 3.37. The Hall–Kier alpha value is -0.576. The van der Waals surface area contributed by atoms with Crippen LogP contribution in [0.4, 0.5) is 0 Å². The molecule has 0 heterocycles. The molecule has 5 heteroatoms. The molecule has 21 heavy (non-hydrogen) atoms. The van der Waals surface area contributed by atoms with Gasteiger partial charge in [0.25, 0.3) is 0 Å². The molecule has 0 bridgehead atoms. The Morgan fingerprint density at radius 1 is 1.14 bits per heavy atom. The van der Waals surface area contributed by atoms with Gasteiger partial charge in [0.1, 0.15) is 14.2 Å². The van der Waals surface area contributed by atoms with Crippen LogP contribution in [0.15, 0.2) is 0 Å². The van der Waals surface area contributed by atoms with Gasteiger partial charge in [-0.15, -0.1) is 5.54 Å². The zero-order valence-corrected chi connectivity index (χ0v) is 17.2. The molecule has 0 saturated heterocycles. The molecule has 0 aliphatic carbocycles. The minimum Gasteiger partial charge on any atom is -0.469 e. The van der Waals surface area contributed by atoms with E-state index in [1.807, 2.05) is 0 Å². The summed E-state index contributed by atoms with van der Waals surface area (Å²) in [5.74, 6) is 3.08. The highest BCUT2D eigenvalue weighted by atomic mass is 28.4. The highest BCUT2D eigenvalue weighted by Gasteiger charge is 2.39. The Balaban J connectivity index is 5.04. The lowest BCUT2D eigenvalue weighted by Crippen LogP contribution is -2.43. The molecule has 0 aromatic carbocycles. The van der Waals surface area contributed by atoms with Gasteiger partial charge in [-0.1, -0.05) is 46.3 Å². The normalized spacial score (nSPS) is 14.1. The van der Waals surface area contributed by atoms with Crippen molar-refractivity contribution in [2.75, 3.05) is 7.11 Å². The quantitative estimate of drug-likeness (QED) is 0.431. The van der Waals surface area contributed by atoms with Crippen LogP contribution < -0.4 is 0 Å². The number of esters is 1. The monoisotopic (exact) mass is 328 g/mol. The highest BCUT2D eigenvalue weighted by molar-refractivity contribution is 6.83. The van der Waals surface area contributed by atoms with Crippen LogP contribution in [0.5, 0.6) is 0 Å². The summed E-state index contributed by atoms with van der Waals surface area (Å²) in [6.07, 6.45) is 0.795. The number of hydrogen-bond acceptors (Lipinski definition) is 3. The molecule has 1 unspecified atom stereocenters. The summed E-state index contributed by atoms with van der Waals surface area (Å²) in [6, 6.07) is 0. The minimum atomic E-state index is -1.89. The van der Waals surface area contributed by atoms with Crippen molar-refractivity contribution in [3.63, 3.8) is 0 Å². The van der Waals surface area contributed by atoms with Crippen molar-refractivity contribution in [3.8, 4) is 11.5 Å². The largest absolute Gasteiger partial charge is 0.469 e. The highest BCUT2D eigenvalue weighted by Crippen LogP contribution is 2.37. The van der Waals surface area contributed by atoms with E-state index in [2.05, 4.69) is 65.0 Å². The molecule has 0 fully saturated rings. The lowest BCUT2D eigenvalue weighted by Gasteiger charge is -2.38. The molecule has 0 spiro atoms. The van der Waals surface area contributed by atoms with Crippen LogP contribution in [0, 0.1) is 11.5 Å². The lowest BCUT2D eigenvalue weighted by atomic mass is 10.2. The molecular weight excluding hydrogens is 296 g/mol. The first-order valence-corrected chi connectivity index (χ1v) is 14.0. The molecule has 0 N–H and O–H groups in total. The number of methoxy groups -OCH3 is 1. The maximum atomic E-state index is 11.4. The number of carbonyl (C=O) groups excluding carboxylic acids is 1. The summed E-state index contributed by atoms with van der Waals surface area (Å²) < 4.78 is 11.1. The van der Waals surface area contributed by atoms with Crippen LogP contribution in [-0.2, 0) is 14.0 Å². The van der Waals surface area contributed by atoms with Gasteiger partial charge in [0.05, 0.1) is 7.11 Å². The SMILES string of the molecule is COC(=O)CCC(C#C[Si](C)(C)C)O[Si](C)(C)C(C)(C)C. The first-order chi connectivity index (χ1) is 9.28. The molecule has 0 saturated carbocycles. The Bertz CT molecular complexity index is 406. The fourth-order valence-electron chi connectivity index (χ4n) is 1.34. The molecule has 0 aliphatic rings. The van der Waals surface area contributed by atoms with Crippen LogP contribution >= 0.6 is 0 Å². The third kappa shape index (κ3) is 8.45. The summed E-state index contributed by atoms with van der Waals surface area (Å²) in [7, 11) is -1.92. The van der Waals surface area contributed by atoms with Crippen LogP contribution in [0.25, 0.3) is 0 Å². The number of rotatable bonds is 5. The van der Waals surface area contributed by atoms with Gasteiger partial charge in [0.2, 0.25) is 0 Å². The Morgan fingerprint density at radius 2 is 1.67 bits per heavy atom. The van der Waals surface area contributed by atoms with Crippen LogP contribution in [0.3, 0.4) is 0 Å². The van der Waals surface area contributed by atoms with Crippen molar-refractivity contribution in [3.05, 3.63) is 0 Å². The third-order valence-electron chi connectivity index (χ3n) is 3.69. The Kier molecular flexibility index (Phi) is 7.41. The molecule has 0 rings (SSSR count). The predicted molar refractivity (Wildman–Crippen MR) is 94.4 cm³/mol. The maximum Gasteiger partial charge on any atom is 0.305 e. The molecule has 0 aliphatic heterocycles. The summed E-state index contributed by atoms with van der Waals surface area (Å²) >= 11 is 0. The average molecular weight is 329 g/mol. The molecule has 0 amide bonds. The zero-order chi connectivity index (χ0) is 16.9. The fourth-order valence-corrected chi connectivity index (χ4v) is 3.18. The molecule has 3 nitrogen and oxygen atoms in total. The molecule has 1 atom stereocenters. The van der Waals surface area contributed by atoms with Gasteiger partial charge < -0.3 is 9.16 Å². The van der Waals surface area contributed by atoms with Crippen molar-refractivity contribution >= 4 is 22.4 Å². The Morgan fingerprint density at radius 3 is 2.05 bits per heavy atom. The van der Waals surface area contributed by atoms with E-state index in [0.717, 1.165) is 0 Å². The second-order valence-electron chi connectivity index (χ2n) is 8.00. The number of hydrogen-bond donors (Lipinski definition) is 0. The first-order valence-electron chi connectivity index (χ1n) is 7.56. The predicted octanol–water partition coefficient (Wildman–Crippen LogP) is 4.21. The van der Waals surface area contributed by atoms with Crippen LogP contribution in [0.2, 0.25) is 37.8 Å². The third-order valence-corrected chi connectivity index (χ3v) is 9.07. The van der Waals surface area contributed by atoms with E-state index < -0.39 is 16.4 Å². The minimum absolute atomic E-state index is 0.136. The van der Waals surface area contributed by atoms with Crippen molar-refractivity contribution in [1.29, 1.82) is 0 Å².